The zero-order chi connectivity index (χ0) is 23.9. The Hall–Kier alpha value is -3.23. The highest BCUT2D eigenvalue weighted by Gasteiger charge is 2.16. The number of carboxylic acids is 1. The van der Waals surface area contributed by atoms with Crippen molar-refractivity contribution in [2.45, 2.75) is 64.0 Å². The maximum absolute atomic E-state index is 12.2. The molecule has 0 aromatic heterocycles. The van der Waals surface area contributed by atoms with E-state index in [1.807, 2.05) is 48.5 Å². The molecule has 2 aromatic carbocycles. The van der Waals surface area contributed by atoms with Crippen LogP contribution in [0.5, 0.6) is 0 Å². The molecule has 0 saturated heterocycles. The molecule has 0 heterocycles. The van der Waals surface area contributed by atoms with Crippen molar-refractivity contribution in [3.63, 3.8) is 0 Å². The lowest BCUT2D eigenvalue weighted by atomic mass is 10.0. The third-order valence-corrected chi connectivity index (χ3v) is 5.31. The van der Waals surface area contributed by atoms with E-state index in [-0.39, 0.29) is 12.3 Å². The average Bonchev–Trinajstić information content (AvgIpc) is 2.81. The molecule has 1 atom stereocenters. The minimum Gasteiger partial charge on any atom is -0.480 e. The fraction of sp³-hybridized carbons (Fsp3) is 0.400. The second-order valence-electron chi connectivity index (χ2n) is 7.99. The molecule has 0 aliphatic carbocycles. The van der Waals surface area contributed by atoms with Gasteiger partial charge in [0.25, 0.3) is 0 Å². The molecule has 8 nitrogen and oxygen atoms in total. The smallest absolute Gasteiger partial charge is 0.320 e. The van der Waals surface area contributed by atoms with Crippen LogP contribution in [0, 0.1) is 0 Å². The molecule has 0 bridgehead atoms. The summed E-state index contributed by atoms with van der Waals surface area (Å²) in [6, 6.07) is 16.5. The highest BCUT2D eigenvalue weighted by atomic mass is 16.5. The van der Waals surface area contributed by atoms with Crippen LogP contribution in [0.3, 0.4) is 0 Å². The van der Waals surface area contributed by atoms with Gasteiger partial charge in [0.1, 0.15) is 6.04 Å². The lowest BCUT2D eigenvalue weighted by Crippen LogP contribution is -2.36. The Morgan fingerprint density at radius 1 is 0.818 bits per heavy atom. The van der Waals surface area contributed by atoms with Gasteiger partial charge in [0.15, 0.2) is 0 Å². The number of carbonyl (C=O) groups is 3. The predicted molar refractivity (Wildman–Crippen MR) is 126 cm³/mol. The Kier molecular flexibility index (Phi) is 11.6. The highest BCUT2D eigenvalue weighted by molar-refractivity contribution is 5.90. The molecule has 33 heavy (non-hydrogen) atoms. The van der Waals surface area contributed by atoms with E-state index in [9.17, 15) is 19.5 Å². The standard InChI is InChI=1S/C25H33N3O5/c29-23(13-6-1-2-7-14-24(30)28-33)27-21-12-8-11-20(17-21)18-26-22(25(31)32)16-15-19-9-4-3-5-10-19/h3-5,8-12,17,22,26,33H,1-2,6-7,13-16,18H2,(H,27,29)(H,28,30)(H,31,32). The van der Waals surface area contributed by atoms with Crippen molar-refractivity contribution in [3.05, 3.63) is 65.7 Å². The number of amides is 2. The quantitative estimate of drug-likeness (QED) is 0.158. The lowest BCUT2D eigenvalue weighted by Gasteiger charge is -2.15. The van der Waals surface area contributed by atoms with Gasteiger partial charge >= 0.3 is 5.97 Å². The van der Waals surface area contributed by atoms with Crippen molar-refractivity contribution < 1.29 is 24.7 Å². The summed E-state index contributed by atoms with van der Waals surface area (Å²) in [4.78, 5) is 34.7. The molecule has 2 rings (SSSR count). The molecule has 178 valence electrons. The van der Waals surface area contributed by atoms with Crippen LogP contribution < -0.4 is 16.1 Å². The number of carbonyl (C=O) groups excluding carboxylic acids is 2. The van der Waals surface area contributed by atoms with Gasteiger partial charge in [-0.1, -0.05) is 55.3 Å². The Morgan fingerprint density at radius 2 is 1.48 bits per heavy atom. The van der Waals surface area contributed by atoms with E-state index in [1.165, 1.54) is 0 Å². The van der Waals surface area contributed by atoms with Gasteiger partial charge in [-0.05, 0) is 48.9 Å². The van der Waals surface area contributed by atoms with Crippen LogP contribution >= 0.6 is 0 Å². The lowest BCUT2D eigenvalue weighted by molar-refractivity contribution is -0.139. The molecule has 2 amide bonds. The summed E-state index contributed by atoms with van der Waals surface area (Å²) in [7, 11) is 0. The molecule has 0 spiro atoms. The molecular formula is C25H33N3O5. The van der Waals surface area contributed by atoms with E-state index in [2.05, 4.69) is 10.6 Å². The molecular weight excluding hydrogens is 422 g/mol. The van der Waals surface area contributed by atoms with Crippen LogP contribution in [0.1, 0.15) is 56.1 Å². The molecule has 5 N–H and O–H groups in total. The summed E-state index contributed by atoms with van der Waals surface area (Å²) < 4.78 is 0. The van der Waals surface area contributed by atoms with Gasteiger partial charge in [0, 0.05) is 25.1 Å². The third-order valence-electron chi connectivity index (χ3n) is 5.31. The molecule has 0 aliphatic heterocycles. The van der Waals surface area contributed by atoms with Crippen molar-refractivity contribution >= 4 is 23.5 Å². The van der Waals surface area contributed by atoms with Gasteiger partial charge in [-0.15, -0.1) is 0 Å². The highest BCUT2D eigenvalue weighted by Crippen LogP contribution is 2.13. The largest absolute Gasteiger partial charge is 0.480 e. The van der Waals surface area contributed by atoms with Gasteiger partial charge < -0.3 is 15.7 Å². The summed E-state index contributed by atoms with van der Waals surface area (Å²) in [5.41, 5.74) is 4.27. The molecule has 1 unspecified atom stereocenters. The molecule has 8 heteroatoms. The molecule has 0 fully saturated rings. The number of rotatable bonds is 15. The number of carboxylic acid groups (broad SMARTS) is 1. The maximum Gasteiger partial charge on any atom is 0.320 e. The average molecular weight is 456 g/mol. The zero-order valence-electron chi connectivity index (χ0n) is 18.8. The van der Waals surface area contributed by atoms with Crippen LogP contribution in [0.15, 0.2) is 54.6 Å². The first-order valence-corrected chi connectivity index (χ1v) is 11.3. The topological polar surface area (TPSA) is 128 Å². The number of hydroxylamine groups is 1. The second-order valence-corrected chi connectivity index (χ2v) is 7.99. The van der Waals surface area contributed by atoms with Crippen molar-refractivity contribution in [3.8, 4) is 0 Å². The fourth-order valence-electron chi connectivity index (χ4n) is 3.47. The summed E-state index contributed by atoms with van der Waals surface area (Å²) in [6.07, 6.45) is 4.86. The third kappa shape index (κ3) is 10.8. The molecule has 0 saturated carbocycles. The summed E-state index contributed by atoms with van der Waals surface area (Å²) >= 11 is 0. The van der Waals surface area contributed by atoms with Gasteiger partial charge in [0.2, 0.25) is 11.8 Å². The van der Waals surface area contributed by atoms with Crippen molar-refractivity contribution in [1.82, 2.24) is 10.8 Å². The van der Waals surface area contributed by atoms with Gasteiger partial charge in [-0.25, -0.2) is 5.48 Å². The van der Waals surface area contributed by atoms with Gasteiger partial charge in [0.05, 0.1) is 0 Å². The van der Waals surface area contributed by atoms with Crippen LogP contribution in [-0.2, 0) is 27.3 Å². The number of benzene rings is 2. The number of unbranched alkanes of at least 4 members (excludes halogenated alkanes) is 3. The first kappa shape index (κ1) is 26.0. The van der Waals surface area contributed by atoms with Crippen LogP contribution in [-0.4, -0.2) is 34.1 Å². The minimum atomic E-state index is -0.882. The monoisotopic (exact) mass is 455 g/mol. The Balaban J connectivity index is 1.73. The van der Waals surface area contributed by atoms with E-state index in [0.717, 1.165) is 30.4 Å². The number of anilines is 1. The first-order valence-electron chi connectivity index (χ1n) is 11.3. The van der Waals surface area contributed by atoms with E-state index in [1.54, 1.807) is 11.5 Å². The number of aryl methyl sites for hydroxylation is 1. The van der Waals surface area contributed by atoms with Gasteiger partial charge in [-0.2, -0.15) is 0 Å². The maximum atomic E-state index is 12.2. The van der Waals surface area contributed by atoms with E-state index < -0.39 is 17.9 Å². The van der Waals surface area contributed by atoms with Crippen molar-refractivity contribution in [1.29, 1.82) is 0 Å². The van der Waals surface area contributed by atoms with Crippen LogP contribution in [0.25, 0.3) is 0 Å². The van der Waals surface area contributed by atoms with E-state index >= 15 is 0 Å². The normalized spacial score (nSPS) is 11.5. The number of hydrogen-bond acceptors (Lipinski definition) is 5. The van der Waals surface area contributed by atoms with Crippen LogP contribution in [0.4, 0.5) is 5.69 Å². The van der Waals surface area contributed by atoms with E-state index in [0.29, 0.717) is 37.9 Å². The molecule has 0 aliphatic rings. The summed E-state index contributed by atoms with van der Waals surface area (Å²) in [5.74, 6) is -1.36. The fourth-order valence-corrected chi connectivity index (χ4v) is 3.47. The summed E-state index contributed by atoms with van der Waals surface area (Å²) in [6.45, 7) is 0.386. The Labute approximate surface area is 194 Å². The van der Waals surface area contributed by atoms with E-state index in [4.69, 9.17) is 5.21 Å². The Morgan fingerprint density at radius 3 is 2.15 bits per heavy atom. The van der Waals surface area contributed by atoms with Crippen molar-refractivity contribution in [2.75, 3.05) is 5.32 Å². The summed E-state index contributed by atoms with van der Waals surface area (Å²) in [5, 5.41) is 23.9. The predicted octanol–water partition coefficient (Wildman–Crippen LogP) is 3.65. The number of aliphatic carboxylic acids is 1. The SMILES string of the molecule is O=C(CCCCCCC(=O)Nc1cccc(CNC(CCc2ccccc2)C(=O)O)c1)NO. The molecule has 0 radical (unpaired) electrons. The zero-order valence-corrected chi connectivity index (χ0v) is 18.8. The van der Waals surface area contributed by atoms with Gasteiger partial charge in [-0.3, -0.25) is 19.6 Å². The second kappa shape index (κ2) is 14.8. The molecule has 2 aromatic rings. The van der Waals surface area contributed by atoms with Crippen LogP contribution in [0.2, 0.25) is 0 Å². The van der Waals surface area contributed by atoms with Crippen molar-refractivity contribution in [2.24, 2.45) is 0 Å². The number of nitrogens with one attached hydrogen (secondary N) is 3. The minimum absolute atomic E-state index is 0.0838. The Bertz CT molecular complexity index is 889. The number of hydrogen-bond donors (Lipinski definition) is 5. The first-order chi connectivity index (χ1) is 16.0.